The molecule has 0 radical (unpaired) electrons. The molecule has 3 aromatic rings. The summed E-state index contributed by atoms with van der Waals surface area (Å²) in [6.45, 7) is 0. The molecule has 1 atom stereocenters. The van der Waals surface area contributed by atoms with E-state index in [0.717, 1.165) is 16.8 Å². The van der Waals surface area contributed by atoms with E-state index < -0.39 is 5.82 Å². The van der Waals surface area contributed by atoms with Crippen LogP contribution in [0.25, 0.3) is 0 Å². The number of nitrogens with zero attached hydrogens (tertiary/aromatic N) is 1. The highest BCUT2D eigenvalue weighted by Crippen LogP contribution is 2.33. The van der Waals surface area contributed by atoms with Crippen LogP contribution in [0.3, 0.4) is 0 Å². The van der Waals surface area contributed by atoms with Crippen LogP contribution in [-0.4, -0.2) is 5.71 Å². The number of hydrogen-bond acceptors (Lipinski definition) is 3. The molecule has 0 amide bonds. The zero-order valence-corrected chi connectivity index (χ0v) is 13.4. The first kappa shape index (κ1) is 15.4. The molecule has 0 bridgehead atoms. The molecule has 0 unspecified atom stereocenters. The van der Waals surface area contributed by atoms with Crippen LogP contribution in [0.5, 0.6) is 11.5 Å². The summed E-state index contributed by atoms with van der Waals surface area (Å²) in [6, 6.07) is 23.8. The summed E-state index contributed by atoms with van der Waals surface area (Å²) in [5.41, 5.74) is 2.76. The van der Waals surface area contributed by atoms with Gasteiger partial charge in [0, 0.05) is 6.42 Å². The molecule has 124 valence electrons. The first-order valence-corrected chi connectivity index (χ1v) is 8.10. The van der Waals surface area contributed by atoms with Crippen molar-refractivity contribution in [3.05, 3.63) is 95.8 Å². The quantitative estimate of drug-likeness (QED) is 0.632. The van der Waals surface area contributed by atoms with Crippen molar-refractivity contribution in [2.45, 2.75) is 12.5 Å². The molecular weight excluding hydrogens is 317 g/mol. The van der Waals surface area contributed by atoms with Gasteiger partial charge in [0.2, 0.25) is 0 Å². The lowest BCUT2D eigenvalue weighted by Gasteiger charge is -2.12. The summed E-state index contributed by atoms with van der Waals surface area (Å²) >= 11 is 0. The minimum Gasteiger partial charge on any atom is -0.454 e. The van der Waals surface area contributed by atoms with E-state index in [1.807, 2.05) is 48.5 Å². The summed E-state index contributed by atoms with van der Waals surface area (Å²) in [5.74, 6) is 0.363. The van der Waals surface area contributed by atoms with Crippen molar-refractivity contribution in [3.63, 3.8) is 0 Å². The maximum absolute atomic E-state index is 14.1. The van der Waals surface area contributed by atoms with Gasteiger partial charge in [-0.15, -0.1) is 0 Å². The SMILES string of the molecule is Fc1ccc([C@H]2CC(c3ccccc3)=NO2)cc1Oc1ccccc1. The molecule has 0 N–H and O–H groups in total. The van der Waals surface area contributed by atoms with Crippen LogP contribution in [0.1, 0.15) is 23.7 Å². The lowest BCUT2D eigenvalue weighted by molar-refractivity contribution is 0.0855. The van der Waals surface area contributed by atoms with Gasteiger partial charge in [-0.2, -0.15) is 0 Å². The smallest absolute Gasteiger partial charge is 0.165 e. The fourth-order valence-electron chi connectivity index (χ4n) is 2.77. The Kier molecular flexibility index (Phi) is 4.17. The van der Waals surface area contributed by atoms with Crippen molar-refractivity contribution in [1.29, 1.82) is 0 Å². The van der Waals surface area contributed by atoms with Gasteiger partial charge in [0.15, 0.2) is 17.7 Å². The fourth-order valence-corrected chi connectivity index (χ4v) is 2.77. The van der Waals surface area contributed by atoms with Crippen molar-refractivity contribution in [1.82, 2.24) is 0 Å². The first-order valence-electron chi connectivity index (χ1n) is 8.10. The number of ether oxygens (including phenoxy) is 1. The third-order valence-corrected chi connectivity index (χ3v) is 4.07. The second-order valence-electron chi connectivity index (χ2n) is 5.81. The number of oxime groups is 1. The van der Waals surface area contributed by atoms with Crippen LogP contribution in [0.15, 0.2) is 84.0 Å². The molecule has 0 spiro atoms. The highest BCUT2D eigenvalue weighted by molar-refractivity contribution is 6.01. The molecule has 0 aliphatic carbocycles. The molecule has 1 aliphatic heterocycles. The van der Waals surface area contributed by atoms with Gasteiger partial charge in [-0.1, -0.05) is 59.8 Å². The third kappa shape index (κ3) is 3.38. The van der Waals surface area contributed by atoms with Crippen LogP contribution in [0.2, 0.25) is 0 Å². The Morgan fingerprint density at radius 3 is 2.40 bits per heavy atom. The minimum absolute atomic E-state index is 0.181. The average molecular weight is 333 g/mol. The molecule has 1 aliphatic rings. The van der Waals surface area contributed by atoms with Crippen LogP contribution in [0, 0.1) is 5.82 Å². The van der Waals surface area contributed by atoms with E-state index in [9.17, 15) is 4.39 Å². The Balaban J connectivity index is 1.53. The normalized spacial score (nSPS) is 16.2. The van der Waals surface area contributed by atoms with Crippen molar-refractivity contribution in [3.8, 4) is 11.5 Å². The molecule has 1 heterocycles. The highest BCUT2D eigenvalue weighted by atomic mass is 19.1. The number of rotatable bonds is 4. The monoisotopic (exact) mass is 333 g/mol. The number of hydrogen-bond donors (Lipinski definition) is 0. The standard InChI is InChI=1S/C21H16FNO2/c22-18-12-11-16(13-21(18)24-17-9-5-2-6-10-17)20-14-19(23-25-20)15-7-3-1-4-8-15/h1-13,20H,14H2/t20-/m1/s1. The second kappa shape index (κ2) is 6.77. The summed E-state index contributed by atoms with van der Waals surface area (Å²) < 4.78 is 19.7. The third-order valence-electron chi connectivity index (χ3n) is 4.07. The van der Waals surface area contributed by atoms with Crippen LogP contribution in [-0.2, 0) is 4.84 Å². The van der Waals surface area contributed by atoms with Crippen LogP contribution in [0.4, 0.5) is 4.39 Å². The maximum atomic E-state index is 14.1. The molecule has 4 heteroatoms. The van der Waals surface area contributed by atoms with E-state index in [2.05, 4.69) is 5.16 Å². The number of benzene rings is 3. The van der Waals surface area contributed by atoms with Crippen molar-refractivity contribution >= 4 is 5.71 Å². The summed E-state index contributed by atoms with van der Waals surface area (Å²) in [6.07, 6.45) is 0.398. The Bertz CT molecular complexity index is 894. The Morgan fingerprint density at radius 1 is 0.920 bits per heavy atom. The molecule has 4 rings (SSSR count). The molecule has 0 saturated carbocycles. The van der Waals surface area contributed by atoms with Gasteiger partial charge >= 0.3 is 0 Å². The number of para-hydroxylation sites is 1. The molecule has 25 heavy (non-hydrogen) atoms. The van der Waals surface area contributed by atoms with Crippen molar-refractivity contribution in [2.75, 3.05) is 0 Å². The van der Waals surface area contributed by atoms with Crippen molar-refractivity contribution in [2.24, 2.45) is 5.16 Å². The van der Waals surface area contributed by atoms with Crippen molar-refractivity contribution < 1.29 is 14.0 Å². The summed E-state index contributed by atoms with van der Waals surface area (Å²) in [7, 11) is 0. The topological polar surface area (TPSA) is 30.8 Å². The molecule has 0 aromatic heterocycles. The lowest BCUT2D eigenvalue weighted by atomic mass is 10.00. The second-order valence-corrected chi connectivity index (χ2v) is 5.81. The van der Waals surface area contributed by atoms with Gasteiger partial charge in [-0.05, 0) is 35.4 Å². The number of halogens is 1. The van der Waals surface area contributed by atoms with Gasteiger partial charge in [0.25, 0.3) is 0 Å². The van der Waals surface area contributed by atoms with E-state index in [4.69, 9.17) is 9.57 Å². The molecule has 0 saturated heterocycles. The Morgan fingerprint density at radius 2 is 1.64 bits per heavy atom. The van der Waals surface area contributed by atoms with Gasteiger partial charge in [-0.3, -0.25) is 0 Å². The fraction of sp³-hybridized carbons (Fsp3) is 0.0952. The largest absolute Gasteiger partial charge is 0.454 e. The molecule has 0 fully saturated rings. The van der Waals surface area contributed by atoms with Gasteiger partial charge in [0.1, 0.15) is 5.75 Å². The molecule has 3 nitrogen and oxygen atoms in total. The maximum Gasteiger partial charge on any atom is 0.165 e. The summed E-state index contributed by atoms with van der Waals surface area (Å²) in [4.78, 5) is 5.56. The Hall–Kier alpha value is -3.14. The van der Waals surface area contributed by atoms with E-state index in [1.54, 1.807) is 24.3 Å². The average Bonchev–Trinajstić information content (AvgIpc) is 3.15. The zero-order chi connectivity index (χ0) is 17.1. The predicted octanol–water partition coefficient (Wildman–Crippen LogP) is 5.48. The van der Waals surface area contributed by atoms with E-state index >= 15 is 0 Å². The van der Waals surface area contributed by atoms with E-state index in [0.29, 0.717) is 12.2 Å². The summed E-state index contributed by atoms with van der Waals surface area (Å²) in [5, 5.41) is 4.18. The van der Waals surface area contributed by atoms with Crippen LogP contribution >= 0.6 is 0 Å². The zero-order valence-electron chi connectivity index (χ0n) is 13.4. The van der Waals surface area contributed by atoms with Gasteiger partial charge in [0.05, 0.1) is 5.71 Å². The van der Waals surface area contributed by atoms with Crippen LogP contribution < -0.4 is 4.74 Å². The predicted molar refractivity (Wildman–Crippen MR) is 94.3 cm³/mol. The lowest BCUT2D eigenvalue weighted by Crippen LogP contribution is -2.02. The van der Waals surface area contributed by atoms with E-state index in [1.165, 1.54) is 6.07 Å². The molecule has 3 aromatic carbocycles. The Labute approximate surface area is 145 Å². The van der Waals surface area contributed by atoms with Gasteiger partial charge < -0.3 is 9.57 Å². The highest BCUT2D eigenvalue weighted by Gasteiger charge is 2.24. The minimum atomic E-state index is -0.408. The van der Waals surface area contributed by atoms with E-state index in [-0.39, 0.29) is 11.9 Å². The van der Waals surface area contributed by atoms with Gasteiger partial charge in [-0.25, -0.2) is 4.39 Å². The first-order chi connectivity index (χ1) is 12.3. The molecular formula is C21H16FNO2.